The van der Waals surface area contributed by atoms with Crippen molar-refractivity contribution in [3.8, 4) is 11.4 Å². The number of benzene rings is 1. The molecule has 0 atom stereocenters. The fraction of sp³-hybridized carbons (Fsp3) is 0.375. The van der Waals surface area contributed by atoms with E-state index in [0.717, 1.165) is 29.6 Å². The van der Waals surface area contributed by atoms with Gasteiger partial charge < -0.3 is 9.51 Å². The average Bonchev–Trinajstić information content (AvgIpc) is 3.10. The van der Waals surface area contributed by atoms with Crippen LogP contribution in [-0.4, -0.2) is 29.3 Å². The van der Waals surface area contributed by atoms with Gasteiger partial charge in [-0.05, 0) is 31.0 Å². The lowest BCUT2D eigenvalue weighted by Gasteiger charge is -2.23. The Morgan fingerprint density at radius 3 is 2.87 bits per heavy atom. The van der Waals surface area contributed by atoms with E-state index in [0.29, 0.717) is 22.2 Å². The van der Waals surface area contributed by atoms with Gasteiger partial charge in [-0.2, -0.15) is 0 Å². The SMILES string of the molecule is CCS(=O)(=O)c1ccc2nc(-c3conc3C3CCC3)[nH]c2c1. The number of H-pyrrole nitrogens is 1. The fourth-order valence-electron chi connectivity index (χ4n) is 2.88. The Morgan fingerprint density at radius 2 is 2.17 bits per heavy atom. The van der Waals surface area contributed by atoms with E-state index in [1.54, 1.807) is 31.4 Å². The maximum Gasteiger partial charge on any atom is 0.178 e. The molecule has 1 aliphatic carbocycles. The number of aromatic nitrogens is 3. The number of nitrogens with zero attached hydrogens (tertiary/aromatic N) is 2. The molecule has 120 valence electrons. The number of aromatic amines is 1. The molecular formula is C16H17N3O3S. The van der Waals surface area contributed by atoms with Crippen LogP contribution in [0.5, 0.6) is 0 Å². The van der Waals surface area contributed by atoms with Crippen LogP contribution in [0.2, 0.25) is 0 Å². The predicted molar refractivity (Wildman–Crippen MR) is 85.9 cm³/mol. The second-order valence-corrected chi connectivity index (χ2v) is 8.19. The van der Waals surface area contributed by atoms with Crippen molar-refractivity contribution in [2.24, 2.45) is 0 Å². The van der Waals surface area contributed by atoms with Crippen LogP contribution >= 0.6 is 0 Å². The zero-order chi connectivity index (χ0) is 16.0. The highest BCUT2D eigenvalue weighted by atomic mass is 32.2. The summed E-state index contributed by atoms with van der Waals surface area (Å²) in [6.45, 7) is 1.64. The third kappa shape index (κ3) is 2.35. The first-order chi connectivity index (χ1) is 11.1. The van der Waals surface area contributed by atoms with Gasteiger partial charge in [0.05, 0.1) is 32.9 Å². The van der Waals surface area contributed by atoms with Gasteiger partial charge in [0.2, 0.25) is 0 Å². The summed E-state index contributed by atoms with van der Waals surface area (Å²) >= 11 is 0. The van der Waals surface area contributed by atoms with Gasteiger partial charge >= 0.3 is 0 Å². The first kappa shape index (κ1) is 14.4. The first-order valence-corrected chi connectivity index (χ1v) is 9.41. The summed E-state index contributed by atoms with van der Waals surface area (Å²) in [4.78, 5) is 8.07. The smallest absolute Gasteiger partial charge is 0.178 e. The topological polar surface area (TPSA) is 88.8 Å². The van der Waals surface area contributed by atoms with Crippen LogP contribution in [0.4, 0.5) is 0 Å². The molecule has 1 aliphatic rings. The van der Waals surface area contributed by atoms with Gasteiger partial charge in [0, 0.05) is 5.92 Å². The Hall–Kier alpha value is -2.15. The van der Waals surface area contributed by atoms with E-state index in [-0.39, 0.29) is 5.75 Å². The number of hydrogen-bond acceptors (Lipinski definition) is 5. The quantitative estimate of drug-likeness (QED) is 0.792. The van der Waals surface area contributed by atoms with Crippen molar-refractivity contribution in [3.63, 3.8) is 0 Å². The molecule has 2 heterocycles. The molecule has 1 N–H and O–H groups in total. The lowest BCUT2D eigenvalue weighted by atomic mass is 9.81. The monoisotopic (exact) mass is 331 g/mol. The number of rotatable bonds is 4. The minimum atomic E-state index is -3.23. The van der Waals surface area contributed by atoms with Crippen molar-refractivity contribution in [2.75, 3.05) is 5.75 Å². The minimum Gasteiger partial charge on any atom is -0.364 e. The summed E-state index contributed by atoms with van der Waals surface area (Å²) in [5.41, 5.74) is 3.24. The lowest BCUT2D eigenvalue weighted by molar-refractivity contribution is 0.363. The second-order valence-electron chi connectivity index (χ2n) is 5.91. The van der Waals surface area contributed by atoms with E-state index in [9.17, 15) is 8.42 Å². The zero-order valence-corrected chi connectivity index (χ0v) is 13.6. The zero-order valence-electron chi connectivity index (χ0n) is 12.7. The van der Waals surface area contributed by atoms with Crippen molar-refractivity contribution in [3.05, 3.63) is 30.2 Å². The van der Waals surface area contributed by atoms with Crippen LogP contribution in [0, 0.1) is 0 Å². The fourth-order valence-corrected chi connectivity index (χ4v) is 3.78. The Bertz CT molecular complexity index is 968. The molecule has 1 fully saturated rings. The molecule has 0 aliphatic heterocycles. The van der Waals surface area contributed by atoms with E-state index in [2.05, 4.69) is 15.1 Å². The van der Waals surface area contributed by atoms with Gasteiger partial charge in [0.1, 0.15) is 12.1 Å². The van der Waals surface area contributed by atoms with E-state index >= 15 is 0 Å². The van der Waals surface area contributed by atoms with Crippen molar-refractivity contribution in [1.29, 1.82) is 0 Å². The molecule has 7 heteroatoms. The molecule has 0 spiro atoms. The lowest BCUT2D eigenvalue weighted by Crippen LogP contribution is -2.10. The van der Waals surface area contributed by atoms with E-state index in [1.807, 2.05) is 0 Å². The van der Waals surface area contributed by atoms with Crippen LogP contribution in [0.25, 0.3) is 22.4 Å². The van der Waals surface area contributed by atoms with E-state index in [1.165, 1.54) is 6.42 Å². The van der Waals surface area contributed by atoms with Gasteiger partial charge in [0.25, 0.3) is 0 Å². The van der Waals surface area contributed by atoms with Gasteiger partial charge in [-0.15, -0.1) is 0 Å². The maximum atomic E-state index is 12.0. The number of hydrogen-bond donors (Lipinski definition) is 1. The maximum absolute atomic E-state index is 12.0. The number of imidazole rings is 1. The van der Waals surface area contributed by atoms with Crippen LogP contribution in [0.3, 0.4) is 0 Å². The third-order valence-electron chi connectivity index (χ3n) is 4.54. The Balaban J connectivity index is 1.79. The molecule has 1 saturated carbocycles. The van der Waals surface area contributed by atoms with Crippen LogP contribution in [-0.2, 0) is 9.84 Å². The standard InChI is InChI=1S/C16H17N3O3S/c1-2-23(20,21)11-6-7-13-14(8-11)18-16(17-13)12-9-22-19-15(12)10-4-3-5-10/h6-10H,2-5H2,1H3,(H,17,18). The van der Waals surface area contributed by atoms with Gasteiger partial charge in [-0.3, -0.25) is 0 Å². The van der Waals surface area contributed by atoms with Crippen molar-refractivity contribution >= 4 is 20.9 Å². The molecule has 2 aromatic heterocycles. The summed E-state index contributed by atoms with van der Waals surface area (Å²) in [6.07, 6.45) is 5.07. The molecule has 0 amide bonds. The average molecular weight is 331 g/mol. The van der Waals surface area contributed by atoms with Crippen LogP contribution < -0.4 is 0 Å². The molecular weight excluding hydrogens is 314 g/mol. The largest absolute Gasteiger partial charge is 0.364 e. The number of fused-ring (bicyclic) bond motifs is 1. The number of nitrogens with one attached hydrogen (secondary N) is 1. The summed E-state index contributed by atoms with van der Waals surface area (Å²) in [6, 6.07) is 4.97. The van der Waals surface area contributed by atoms with Crippen LogP contribution in [0.15, 0.2) is 33.9 Å². The van der Waals surface area contributed by atoms with Crippen LogP contribution in [0.1, 0.15) is 37.8 Å². The molecule has 23 heavy (non-hydrogen) atoms. The minimum absolute atomic E-state index is 0.0803. The Morgan fingerprint density at radius 1 is 1.35 bits per heavy atom. The molecule has 0 unspecified atom stereocenters. The Labute approximate surface area is 133 Å². The highest BCUT2D eigenvalue weighted by molar-refractivity contribution is 7.91. The Kier molecular flexibility index (Phi) is 3.26. The molecule has 0 saturated heterocycles. The number of sulfone groups is 1. The highest BCUT2D eigenvalue weighted by Gasteiger charge is 2.27. The summed E-state index contributed by atoms with van der Waals surface area (Å²) < 4.78 is 29.2. The first-order valence-electron chi connectivity index (χ1n) is 7.75. The summed E-state index contributed by atoms with van der Waals surface area (Å²) in [5.74, 6) is 1.19. The molecule has 1 aromatic carbocycles. The van der Waals surface area contributed by atoms with Crippen molar-refractivity contribution in [2.45, 2.75) is 37.0 Å². The summed E-state index contributed by atoms with van der Waals surface area (Å²) in [7, 11) is -3.23. The molecule has 3 aromatic rings. The molecule has 0 bridgehead atoms. The molecule has 0 radical (unpaired) electrons. The van der Waals surface area contributed by atoms with Gasteiger partial charge in [0.15, 0.2) is 9.84 Å². The van der Waals surface area contributed by atoms with Crippen molar-refractivity contribution < 1.29 is 12.9 Å². The molecule has 6 nitrogen and oxygen atoms in total. The van der Waals surface area contributed by atoms with Crippen molar-refractivity contribution in [1.82, 2.24) is 15.1 Å². The van der Waals surface area contributed by atoms with E-state index < -0.39 is 9.84 Å². The van der Waals surface area contributed by atoms with E-state index in [4.69, 9.17) is 4.52 Å². The summed E-state index contributed by atoms with van der Waals surface area (Å²) in [5, 5.41) is 4.12. The normalized spacial score (nSPS) is 15.9. The second kappa shape index (κ2) is 5.19. The van der Waals surface area contributed by atoms with Gasteiger partial charge in [-0.25, -0.2) is 13.4 Å². The van der Waals surface area contributed by atoms with Gasteiger partial charge in [-0.1, -0.05) is 18.5 Å². The predicted octanol–water partition coefficient (Wildman–Crippen LogP) is 3.28. The highest BCUT2D eigenvalue weighted by Crippen LogP contribution is 2.40. The molecule has 4 rings (SSSR count). The third-order valence-corrected chi connectivity index (χ3v) is 6.27.